The molecule has 3 aromatic carbocycles. The Labute approximate surface area is 222 Å². The zero-order valence-corrected chi connectivity index (χ0v) is 23.8. The molecule has 1 saturated carbocycles. The summed E-state index contributed by atoms with van der Waals surface area (Å²) in [5, 5.41) is 5.05. The van der Waals surface area contributed by atoms with Gasteiger partial charge in [-0.25, -0.2) is 0 Å². The van der Waals surface area contributed by atoms with Gasteiger partial charge in [0, 0.05) is 16.2 Å². The van der Waals surface area contributed by atoms with Gasteiger partial charge in [0.2, 0.25) is 5.75 Å². The second-order valence-electron chi connectivity index (χ2n) is 12.3. The van der Waals surface area contributed by atoms with Crippen molar-refractivity contribution >= 4 is 21.5 Å². The molecule has 0 N–H and O–H groups in total. The summed E-state index contributed by atoms with van der Waals surface area (Å²) in [6, 6.07) is 14.2. The van der Waals surface area contributed by atoms with Crippen LogP contribution in [0.5, 0.6) is 11.5 Å². The molecule has 2 nitrogen and oxygen atoms in total. The molecule has 0 unspecified atom stereocenters. The number of rotatable bonds is 4. The first kappa shape index (κ1) is 24.5. The van der Waals surface area contributed by atoms with E-state index < -0.39 is 0 Å². The second kappa shape index (κ2) is 8.86. The van der Waals surface area contributed by atoms with Gasteiger partial charge >= 0.3 is 0 Å². The predicted octanol–water partition coefficient (Wildman–Crippen LogP) is 9.79. The molecule has 2 heteroatoms. The Morgan fingerprint density at radius 2 is 1.70 bits per heavy atom. The molecule has 0 bridgehead atoms. The zero-order chi connectivity index (χ0) is 26.1. The number of pyridine rings is 1. The molecule has 0 radical (unpaired) electrons. The Balaban J connectivity index is 1.54. The summed E-state index contributed by atoms with van der Waals surface area (Å²) in [6.07, 6.45) is 10.2. The molecule has 4 aromatic rings. The molecule has 0 spiro atoms. The zero-order valence-electron chi connectivity index (χ0n) is 23.8. The normalized spacial score (nSPS) is 16.9. The maximum atomic E-state index is 6.92. The Kier molecular flexibility index (Phi) is 5.86. The summed E-state index contributed by atoms with van der Waals surface area (Å²) in [4.78, 5) is 0. The van der Waals surface area contributed by atoms with E-state index in [1.807, 2.05) is 0 Å². The lowest BCUT2D eigenvalue weighted by Crippen LogP contribution is -2.32. The van der Waals surface area contributed by atoms with Crippen molar-refractivity contribution in [1.82, 2.24) is 0 Å². The number of aromatic nitrogens is 1. The molecular formula is C35H42NO+. The van der Waals surface area contributed by atoms with Gasteiger partial charge in [0.1, 0.15) is 12.8 Å². The van der Waals surface area contributed by atoms with Crippen molar-refractivity contribution in [3.8, 4) is 22.8 Å². The molecule has 6 rings (SSSR count). The maximum Gasteiger partial charge on any atom is 0.257 e. The standard InChI is InChI=1S/C35H42NO/c1-8-35(9-2)14-12-24(13-15-35)25-10-11-26-20-36(7)33-31-23(6)22(5)16-28-17-27(21(3)4)19-30(32(28)31)37-34(33)29(26)18-25/h10-11,16-21,24H,8-9,12-15H2,1-7H3/q+1. The number of aryl methyl sites for hydroxylation is 2. The molecule has 1 aliphatic carbocycles. The molecule has 0 atom stereocenters. The van der Waals surface area contributed by atoms with Crippen LogP contribution in [0.25, 0.3) is 32.8 Å². The molecule has 1 fully saturated rings. The van der Waals surface area contributed by atoms with Gasteiger partial charge in [-0.3, -0.25) is 0 Å². The van der Waals surface area contributed by atoms with E-state index in [4.69, 9.17) is 4.74 Å². The summed E-state index contributed by atoms with van der Waals surface area (Å²) < 4.78 is 9.21. The summed E-state index contributed by atoms with van der Waals surface area (Å²) in [5.74, 6) is 3.14. The van der Waals surface area contributed by atoms with Crippen LogP contribution in [0.15, 0.2) is 42.6 Å². The first-order chi connectivity index (χ1) is 17.7. The van der Waals surface area contributed by atoms with Crippen molar-refractivity contribution in [2.24, 2.45) is 12.5 Å². The number of hydrogen-bond donors (Lipinski definition) is 0. The maximum absolute atomic E-state index is 6.92. The molecule has 1 aliphatic heterocycles. The SMILES string of the molecule is CCC1(CC)CCC(c2ccc3c[n+](C)c4c(c3c2)Oc2cc(C(C)C)cc3cc(C)c(C)c-4c23)CC1. The highest BCUT2D eigenvalue weighted by Crippen LogP contribution is 2.52. The van der Waals surface area contributed by atoms with Gasteiger partial charge in [0.25, 0.3) is 5.69 Å². The van der Waals surface area contributed by atoms with Crippen LogP contribution in [0, 0.1) is 19.3 Å². The molecule has 192 valence electrons. The van der Waals surface area contributed by atoms with Gasteiger partial charge in [-0.1, -0.05) is 58.7 Å². The van der Waals surface area contributed by atoms with Gasteiger partial charge in [-0.05, 0) is 103 Å². The van der Waals surface area contributed by atoms with E-state index in [0.717, 1.165) is 11.5 Å². The third-order valence-corrected chi connectivity index (χ3v) is 10.1. The third-order valence-electron chi connectivity index (χ3n) is 10.1. The van der Waals surface area contributed by atoms with Crippen molar-refractivity contribution in [3.63, 3.8) is 0 Å². The lowest BCUT2D eigenvalue weighted by atomic mass is 9.66. The number of fused-ring (bicyclic) bond motifs is 4. The highest BCUT2D eigenvalue weighted by molar-refractivity contribution is 6.07. The molecule has 1 aromatic heterocycles. The monoisotopic (exact) mass is 492 g/mol. The van der Waals surface area contributed by atoms with Crippen molar-refractivity contribution in [1.29, 1.82) is 0 Å². The highest BCUT2D eigenvalue weighted by Gasteiger charge is 2.35. The third kappa shape index (κ3) is 3.78. The topological polar surface area (TPSA) is 13.1 Å². The van der Waals surface area contributed by atoms with Crippen LogP contribution in [0.2, 0.25) is 0 Å². The molecular weight excluding hydrogens is 450 g/mol. The van der Waals surface area contributed by atoms with Gasteiger partial charge in [-0.15, -0.1) is 0 Å². The molecule has 0 saturated heterocycles. The lowest BCUT2D eigenvalue weighted by molar-refractivity contribution is -0.659. The van der Waals surface area contributed by atoms with E-state index in [0.29, 0.717) is 17.3 Å². The van der Waals surface area contributed by atoms with E-state index in [1.54, 1.807) is 0 Å². The number of benzene rings is 3. The fraction of sp³-hybridized carbons (Fsp3) is 0.457. The smallest absolute Gasteiger partial charge is 0.257 e. The van der Waals surface area contributed by atoms with E-state index in [9.17, 15) is 0 Å². The van der Waals surface area contributed by atoms with Crippen molar-refractivity contribution < 1.29 is 9.30 Å². The minimum Gasteiger partial charge on any atom is -0.449 e. The Hall–Kier alpha value is -2.87. The second-order valence-corrected chi connectivity index (χ2v) is 12.3. The van der Waals surface area contributed by atoms with Crippen LogP contribution in [0.3, 0.4) is 0 Å². The summed E-state index contributed by atoms with van der Waals surface area (Å²) in [7, 11) is 2.17. The minimum atomic E-state index is 0.454. The van der Waals surface area contributed by atoms with Crippen LogP contribution >= 0.6 is 0 Å². The fourth-order valence-electron chi connectivity index (χ4n) is 7.20. The Morgan fingerprint density at radius 3 is 2.38 bits per heavy atom. The van der Waals surface area contributed by atoms with Crippen molar-refractivity contribution in [2.45, 2.75) is 91.9 Å². The summed E-state index contributed by atoms with van der Waals surface area (Å²) >= 11 is 0. The predicted molar refractivity (Wildman–Crippen MR) is 156 cm³/mol. The van der Waals surface area contributed by atoms with Gasteiger partial charge in [-0.2, -0.15) is 4.57 Å². The van der Waals surface area contributed by atoms with E-state index in [1.165, 1.54) is 93.6 Å². The van der Waals surface area contributed by atoms with Crippen LogP contribution < -0.4 is 9.30 Å². The quantitative estimate of drug-likeness (QED) is 0.228. The van der Waals surface area contributed by atoms with E-state index in [2.05, 4.69) is 95.8 Å². The molecule has 2 heterocycles. The number of nitrogens with zero attached hydrogens (tertiary/aromatic N) is 1. The van der Waals surface area contributed by atoms with Crippen LogP contribution in [0.1, 0.15) is 100 Å². The Bertz CT molecular complexity index is 1530. The van der Waals surface area contributed by atoms with Crippen molar-refractivity contribution in [3.05, 3.63) is 64.8 Å². The van der Waals surface area contributed by atoms with Crippen molar-refractivity contribution in [2.75, 3.05) is 0 Å². The van der Waals surface area contributed by atoms with Gasteiger partial charge in [0.05, 0.1) is 5.56 Å². The number of ether oxygens (including phenoxy) is 1. The van der Waals surface area contributed by atoms with Gasteiger partial charge < -0.3 is 4.74 Å². The van der Waals surface area contributed by atoms with Crippen LogP contribution in [-0.4, -0.2) is 0 Å². The average molecular weight is 493 g/mol. The van der Waals surface area contributed by atoms with E-state index >= 15 is 0 Å². The van der Waals surface area contributed by atoms with Gasteiger partial charge in [0.15, 0.2) is 6.20 Å². The lowest BCUT2D eigenvalue weighted by Gasteiger charge is -2.39. The number of hydrogen-bond acceptors (Lipinski definition) is 1. The highest BCUT2D eigenvalue weighted by atomic mass is 16.5. The minimum absolute atomic E-state index is 0.454. The first-order valence-electron chi connectivity index (χ1n) is 14.5. The van der Waals surface area contributed by atoms with Crippen LogP contribution in [-0.2, 0) is 7.05 Å². The average Bonchev–Trinajstić information content (AvgIpc) is 2.90. The molecule has 2 aliphatic rings. The molecule has 0 amide bonds. The Morgan fingerprint density at radius 1 is 0.973 bits per heavy atom. The van der Waals surface area contributed by atoms with Crippen LogP contribution in [0.4, 0.5) is 0 Å². The molecule has 37 heavy (non-hydrogen) atoms. The largest absolute Gasteiger partial charge is 0.449 e. The fourth-order valence-corrected chi connectivity index (χ4v) is 7.20. The summed E-state index contributed by atoms with van der Waals surface area (Å²) in [5.41, 5.74) is 8.63. The first-order valence-corrected chi connectivity index (χ1v) is 14.5. The van der Waals surface area contributed by atoms with E-state index in [-0.39, 0.29) is 0 Å². The summed E-state index contributed by atoms with van der Waals surface area (Å²) in [6.45, 7) is 13.8.